The fourth-order valence-electron chi connectivity index (χ4n) is 3.28. The molecule has 2 aromatic carbocycles. The smallest absolute Gasteiger partial charge is 0.230 e. The van der Waals surface area contributed by atoms with Gasteiger partial charge in [-0.3, -0.25) is 4.79 Å². The number of benzene rings is 2. The van der Waals surface area contributed by atoms with E-state index in [4.69, 9.17) is 9.47 Å². The van der Waals surface area contributed by atoms with Crippen molar-refractivity contribution in [2.75, 3.05) is 19.0 Å². The number of thioether (sulfide) groups is 1. The van der Waals surface area contributed by atoms with Gasteiger partial charge in [0, 0.05) is 25.1 Å². The van der Waals surface area contributed by atoms with Crippen molar-refractivity contribution in [3.63, 3.8) is 0 Å². The summed E-state index contributed by atoms with van der Waals surface area (Å²) in [5, 5.41) is 12.4. The van der Waals surface area contributed by atoms with Crippen molar-refractivity contribution in [2.45, 2.75) is 38.5 Å². The SMILES string of the molecule is CCn1c(SCC(=O)NCc2ccc(C)cc2)nnc1-c1ccc2c(c1)OCCCO2. The van der Waals surface area contributed by atoms with E-state index in [-0.39, 0.29) is 11.7 Å². The molecule has 0 fully saturated rings. The molecular formula is C23H26N4O3S. The summed E-state index contributed by atoms with van der Waals surface area (Å²) in [6.07, 6.45) is 0.863. The normalized spacial score (nSPS) is 13.0. The summed E-state index contributed by atoms with van der Waals surface area (Å²) in [7, 11) is 0. The van der Waals surface area contributed by atoms with E-state index in [2.05, 4.69) is 15.5 Å². The second-order valence-electron chi connectivity index (χ2n) is 7.31. The van der Waals surface area contributed by atoms with E-state index in [0.29, 0.717) is 26.3 Å². The number of amides is 1. The van der Waals surface area contributed by atoms with Gasteiger partial charge in [0.05, 0.1) is 19.0 Å². The number of carbonyl (C=O) groups is 1. The van der Waals surface area contributed by atoms with Crippen molar-refractivity contribution in [3.05, 3.63) is 53.6 Å². The van der Waals surface area contributed by atoms with Crippen LogP contribution in [0.4, 0.5) is 0 Å². The lowest BCUT2D eigenvalue weighted by molar-refractivity contribution is -0.118. The zero-order chi connectivity index (χ0) is 21.6. The van der Waals surface area contributed by atoms with Crippen LogP contribution < -0.4 is 14.8 Å². The third-order valence-electron chi connectivity index (χ3n) is 4.98. The molecule has 1 amide bonds. The molecule has 162 valence electrons. The Balaban J connectivity index is 1.40. The molecule has 0 atom stereocenters. The second-order valence-corrected chi connectivity index (χ2v) is 8.26. The van der Waals surface area contributed by atoms with Gasteiger partial charge >= 0.3 is 0 Å². The maximum Gasteiger partial charge on any atom is 0.230 e. The summed E-state index contributed by atoms with van der Waals surface area (Å²) in [6.45, 7) is 6.59. The first-order valence-corrected chi connectivity index (χ1v) is 11.4. The molecule has 0 aliphatic carbocycles. The van der Waals surface area contributed by atoms with E-state index < -0.39 is 0 Å². The Kier molecular flexibility index (Phi) is 6.76. The van der Waals surface area contributed by atoms with Crippen LogP contribution in [0.1, 0.15) is 24.5 Å². The van der Waals surface area contributed by atoms with E-state index in [0.717, 1.165) is 40.0 Å². The maximum atomic E-state index is 12.3. The third kappa shape index (κ3) is 5.19. The van der Waals surface area contributed by atoms with Crippen LogP contribution in [-0.4, -0.2) is 39.6 Å². The van der Waals surface area contributed by atoms with Crippen LogP contribution in [0.3, 0.4) is 0 Å². The predicted molar refractivity (Wildman–Crippen MR) is 120 cm³/mol. The number of hydrogen-bond donors (Lipinski definition) is 1. The Morgan fingerprint density at radius 2 is 1.87 bits per heavy atom. The third-order valence-corrected chi connectivity index (χ3v) is 5.95. The molecule has 4 rings (SSSR count). The summed E-state index contributed by atoms with van der Waals surface area (Å²) in [5.41, 5.74) is 3.19. The summed E-state index contributed by atoms with van der Waals surface area (Å²) in [4.78, 5) is 12.3. The number of carbonyl (C=O) groups excluding carboxylic acids is 1. The molecule has 8 heteroatoms. The van der Waals surface area contributed by atoms with Crippen LogP contribution in [0.15, 0.2) is 47.6 Å². The Labute approximate surface area is 186 Å². The number of nitrogens with one attached hydrogen (secondary N) is 1. The van der Waals surface area contributed by atoms with Crippen molar-refractivity contribution in [2.24, 2.45) is 0 Å². The van der Waals surface area contributed by atoms with Gasteiger partial charge in [0.1, 0.15) is 0 Å². The molecule has 3 aromatic rings. The lowest BCUT2D eigenvalue weighted by Crippen LogP contribution is -2.24. The van der Waals surface area contributed by atoms with Gasteiger partial charge in [0.15, 0.2) is 22.5 Å². The molecule has 1 aliphatic heterocycles. The zero-order valence-corrected chi connectivity index (χ0v) is 18.6. The summed E-state index contributed by atoms with van der Waals surface area (Å²) < 4.78 is 13.5. The number of nitrogens with zero attached hydrogens (tertiary/aromatic N) is 3. The number of fused-ring (bicyclic) bond motifs is 1. The van der Waals surface area contributed by atoms with Crippen molar-refractivity contribution in [3.8, 4) is 22.9 Å². The molecule has 1 N–H and O–H groups in total. The first-order chi connectivity index (χ1) is 15.1. The van der Waals surface area contributed by atoms with Gasteiger partial charge in [-0.05, 0) is 37.6 Å². The highest BCUT2D eigenvalue weighted by atomic mass is 32.2. The first-order valence-electron chi connectivity index (χ1n) is 10.4. The zero-order valence-electron chi connectivity index (χ0n) is 17.8. The number of hydrogen-bond acceptors (Lipinski definition) is 6. The Morgan fingerprint density at radius 1 is 1.10 bits per heavy atom. The number of ether oxygens (including phenoxy) is 2. The molecule has 0 saturated carbocycles. The number of aryl methyl sites for hydroxylation is 1. The molecule has 1 aliphatic rings. The Bertz CT molecular complexity index is 1050. The van der Waals surface area contributed by atoms with Crippen LogP contribution in [0.5, 0.6) is 11.5 Å². The number of aromatic nitrogens is 3. The average Bonchev–Trinajstić information content (AvgIpc) is 3.05. The Morgan fingerprint density at radius 3 is 2.65 bits per heavy atom. The minimum absolute atomic E-state index is 0.0339. The first kappa shape index (κ1) is 21.2. The van der Waals surface area contributed by atoms with Crippen LogP contribution >= 0.6 is 11.8 Å². The standard InChI is InChI=1S/C23H26N4O3S/c1-3-27-22(18-9-10-19-20(13-18)30-12-4-11-29-19)25-26-23(27)31-15-21(28)24-14-17-7-5-16(2)6-8-17/h5-10,13H,3-4,11-12,14-15H2,1-2H3,(H,24,28). The maximum absolute atomic E-state index is 12.3. The molecule has 0 unspecified atom stereocenters. The van der Waals surface area contributed by atoms with Gasteiger partial charge in [0.2, 0.25) is 5.91 Å². The van der Waals surface area contributed by atoms with E-state index in [1.807, 2.05) is 60.9 Å². The van der Waals surface area contributed by atoms with Gasteiger partial charge < -0.3 is 19.4 Å². The minimum Gasteiger partial charge on any atom is -0.490 e. The fourth-order valence-corrected chi connectivity index (χ4v) is 4.12. The van der Waals surface area contributed by atoms with Crippen molar-refractivity contribution >= 4 is 17.7 Å². The highest BCUT2D eigenvalue weighted by Crippen LogP contribution is 2.34. The lowest BCUT2D eigenvalue weighted by atomic mass is 10.1. The van der Waals surface area contributed by atoms with Gasteiger partial charge in [-0.25, -0.2) is 0 Å². The molecule has 31 heavy (non-hydrogen) atoms. The molecule has 0 spiro atoms. The largest absolute Gasteiger partial charge is 0.490 e. The molecule has 0 saturated heterocycles. The molecule has 0 bridgehead atoms. The van der Waals surface area contributed by atoms with Gasteiger partial charge in [-0.15, -0.1) is 10.2 Å². The number of rotatable bonds is 7. The van der Waals surface area contributed by atoms with Crippen LogP contribution in [0.2, 0.25) is 0 Å². The van der Waals surface area contributed by atoms with Crippen molar-refractivity contribution in [1.29, 1.82) is 0 Å². The highest BCUT2D eigenvalue weighted by Gasteiger charge is 2.17. The van der Waals surface area contributed by atoms with Crippen molar-refractivity contribution in [1.82, 2.24) is 20.1 Å². The topological polar surface area (TPSA) is 78.3 Å². The molecule has 0 radical (unpaired) electrons. The van der Waals surface area contributed by atoms with Crippen molar-refractivity contribution < 1.29 is 14.3 Å². The average molecular weight is 439 g/mol. The van der Waals surface area contributed by atoms with Gasteiger partial charge in [0.25, 0.3) is 0 Å². The minimum atomic E-state index is -0.0339. The second kappa shape index (κ2) is 9.87. The summed E-state index contributed by atoms with van der Waals surface area (Å²) in [6, 6.07) is 14.0. The quantitative estimate of drug-likeness (QED) is 0.565. The van der Waals surface area contributed by atoms with E-state index >= 15 is 0 Å². The van der Waals surface area contributed by atoms with Crippen LogP contribution in [0.25, 0.3) is 11.4 Å². The molecule has 7 nitrogen and oxygen atoms in total. The molecule has 2 heterocycles. The fraction of sp³-hybridized carbons (Fsp3) is 0.348. The van der Waals surface area contributed by atoms with Crippen LogP contribution in [-0.2, 0) is 17.9 Å². The molecule has 1 aromatic heterocycles. The van der Waals surface area contributed by atoms with E-state index in [1.54, 1.807) is 0 Å². The van der Waals surface area contributed by atoms with E-state index in [9.17, 15) is 4.79 Å². The molecular weight excluding hydrogens is 412 g/mol. The van der Waals surface area contributed by atoms with Crippen LogP contribution in [0, 0.1) is 6.92 Å². The predicted octanol–water partition coefficient (Wildman–Crippen LogP) is 3.84. The Hall–Kier alpha value is -3.00. The summed E-state index contributed by atoms with van der Waals surface area (Å²) in [5.74, 6) is 2.48. The monoisotopic (exact) mass is 438 g/mol. The van der Waals surface area contributed by atoms with Gasteiger partial charge in [-0.1, -0.05) is 41.6 Å². The van der Waals surface area contributed by atoms with E-state index in [1.165, 1.54) is 17.3 Å². The highest BCUT2D eigenvalue weighted by molar-refractivity contribution is 7.99. The summed E-state index contributed by atoms with van der Waals surface area (Å²) >= 11 is 1.39. The van der Waals surface area contributed by atoms with Gasteiger partial charge in [-0.2, -0.15) is 0 Å². The lowest BCUT2D eigenvalue weighted by Gasteiger charge is -2.11.